The van der Waals surface area contributed by atoms with Crippen molar-refractivity contribution in [3.8, 4) is 0 Å². The van der Waals surface area contributed by atoms with Crippen LogP contribution in [0.1, 0.15) is 16.7 Å². The second-order valence-electron chi connectivity index (χ2n) is 3.73. The number of hydrogen-bond donors (Lipinski definition) is 1. The highest BCUT2D eigenvalue weighted by molar-refractivity contribution is 5.27. The third-order valence-electron chi connectivity index (χ3n) is 2.49. The van der Waals surface area contributed by atoms with E-state index in [1.165, 1.54) is 12.1 Å². The normalized spacial score (nSPS) is 10.4. The first-order chi connectivity index (χ1) is 7.78. The SMILES string of the molecule is NCc1c[c]c(Cc2ccc(F)cc2)cc1. The van der Waals surface area contributed by atoms with E-state index in [1.807, 2.05) is 18.2 Å². The van der Waals surface area contributed by atoms with Crippen molar-refractivity contribution >= 4 is 0 Å². The highest BCUT2D eigenvalue weighted by Crippen LogP contribution is 2.10. The van der Waals surface area contributed by atoms with E-state index >= 15 is 0 Å². The van der Waals surface area contributed by atoms with Crippen LogP contribution >= 0.6 is 0 Å². The number of rotatable bonds is 3. The third-order valence-corrected chi connectivity index (χ3v) is 2.49. The molecule has 0 aliphatic carbocycles. The maximum absolute atomic E-state index is 12.7. The van der Waals surface area contributed by atoms with E-state index in [0.717, 1.165) is 23.1 Å². The molecule has 0 spiro atoms. The van der Waals surface area contributed by atoms with Gasteiger partial charge in [-0.2, -0.15) is 0 Å². The molecule has 0 atom stereocenters. The molecule has 0 unspecified atom stereocenters. The van der Waals surface area contributed by atoms with Crippen molar-refractivity contribution in [1.82, 2.24) is 0 Å². The fourth-order valence-corrected chi connectivity index (χ4v) is 1.55. The van der Waals surface area contributed by atoms with Gasteiger partial charge in [0.25, 0.3) is 0 Å². The molecule has 0 aliphatic rings. The molecule has 0 amide bonds. The summed E-state index contributed by atoms with van der Waals surface area (Å²) in [6, 6.07) is 15.6. The molecule has 1 radical (unpaired) electrons. The van der Waals surface area contributed by atoms with Gasteiger partial charge in [-0.3, -0.25) is 0 Å². The summed E-state index contributed by atoms with van der Waals surface area (Å²) in [7, 11) is 0. The van der Waals surface area contributed by atoms with Crippen molar-refractivity contribution in [2.75, 3.05) is 0 Å². The summed E-state index contributed by atoms with van der Waals surface area (Å²) in [5.41, 5.74) is 8.75. The summed E-state index contributed by atoms with van der Waals surface area (Å²) in [4.78, 5) is 0. The zero-order valence-corrected chi connectivity index (χ0v) is 8.91. The first-order valence-electron chi connectivity index (χ1n) is 5.22. The van der Waals surface area contributed by atoms with Crippen LogP contribution in [-0.4, -0.2) is 0 Å². The first kappa shape index (κ1) is 10.8. The van der Waals surface area contributed by atoms with Crippen LogP contribution in [0.2, 0.25) is 0 Å². The monoisotopic (exact) mass is 214 g/mol. The van der Waals surface area contributed by atoms with Crippen LogP contribution in [0.5, 0.6) is 0 Å². The van der Waals surface area contributed by atoms with Crippen molar-refractivity contribution in [3.63, 3.8) is 0 Å². The molecule has 0 aliphatic heterocycles. The second-order valence-corrected chi connectivity index (χ2v) is 3.73. The molecule has 16 heavy (non-hydrogen) atoms. The van der Waals surface area contributed by atoms with E-state index in [9.17, 15) is 4.39 Å². The van der Waals surface area contributed by atoms with Gasteiger partial charge in [-0.05, 0) is 47.4 Å². The largest absolute Gasteiger partial charge is 0.326 e. The van der Waals surface area contributed by atoms with Crippen LogP contribution in [-0.2, 0) is 13.0 Å². The smallest absolute Gasteiger partial charge is 0.123 e. The van der Waals surface area contributed by atoms with Gasteiger partial charge >= 0.3 is 0 Å². The van der Waals surface area contributed by atoms with E-state index < -0.39 is 0 Å². The summed E-state index contributed by atoms with van der Waals surface area (Å²) in [5.74, 6) is -0.203. The van der Waals surface area contributed by atoms with Crippen LogP contribution in [0.15, 0.2) is 42.5 Å². The highest BCUT2D eigenvalue weighted by Gasteiger charge is 1.97. The summed E-state index contributed by atoms with van der Waals surface area (Å²) < 4.78 is 12.7. The van der Waals surface area contributed by atoms with Crippen LogP contribution in [0.25, 0.3) is 0 Å². The molecule has 2 rings (SSSR count). The average molecular weight is 214 g/mol. The van der Waals surface area contributed by atoms with Crippen molar-refractivity contribution in [1.29, 1.82) is 0 Å². The van der Waals surface area contributed by atoms with E-state index in [4.69, 9.17) is 5.73 Å². The predicted molar refractivity (Wildman–Crippen MR) is 62.4 cm³/mol. The Bertz CT molecular complexity index is 445. The van der Waals surface area contributed by atoms with Gasteiger partial charge in [0.05, 0.1) is 0 Å². The van der Waals surface area contributed by atoms with Crippen LogP contribution in [0, 0.1) is 11.9 Å². The standard InChI is InChI=1S/C14H13FN/c15-14-7-5-12(6-8-14)9-11-1-3-13(10-16)4-2-11/h1,3-8H,9-10,16H2. The van der Waals surface area contributed by atoms with E-state index in [1.54, 1.807) is 12.1 Å². The summed E-state index contributed by atoms with van der Waals surface area (Å²) in [6.45, 7) is 0.535. The van der Waals surface area contributed by atoms with E-state index in [2.05, 4.69) is 6.07 Å². The lowest BCUT2D eigenvalue weighted by Crippen LogP contribution is -1.96. The van der Waals surface area contributed by atoms with Gasteiger partial charge in [0.15, 0.2) is 0 Å². The molecule has 0 heterocycles. The number of nitrogens with two attached hydrogens (primary N) is 1. The molecule has 0 aromatic heterocycles. The molecular weight excluding hydrogens is 201 g/mol. The lowest BCUT2D eigenvalue weighted by atomic mass is 10.0. The van der Waals surface area contributed by atoms with Gasteiger partial charge in [0, 0.05) is 6.54 Å². The van der Waals surface area contributed by atoms with Gasteiger partial charge in [-0.15, -0.1) is 0 Å². The molecule has 0 bridgehead atoms. The van der Waals surface area contributed by atoms with Gasteiger partial charge in [0.2, 0.25) is 0 Å². The van der Waals surface area contributed by atoms with Crippen LogP contribution in [0.4, 0.5) is 4.39 Å². The Labute approximate surface area is 94.7 Å². The number of hydrogen-bond acceptors (Lipinski definition) is 1. The molecule has 0 saturated carbocycles. The maximum atomic E-state index is 12.7. The first-order valence-corrected chi connectivity index (χ1v) is 5.22. The zero-order valence-electron chi connectivity index (χ0n) is 8.91. The predicted octanol–water partition coefficient (Wildman–Crippen LogP) is 2.68. The van der Waals surface area contributed by atoms with Crippen molar-refractivity contribution in [2.24, 2.45) is 5.73 Å². The van der Waals surface area contributed by atoms with Gasteiger partial charge < -0.3 is 5.73 Å². The fourth-order valence-electron chi connectivity index (χ4n) is 1.55. The average Bonchev–Trinajstić information content (AvgIpc) is 2.33. The van der Waals surface area contributed by atoms with Gasteiger partial charge in [-0.25, -0.2) is 4.39 Å². The minimum absolute atomic E-state index is 0.203. The van der Waals surface area contributed by atoms with Gasteiger partial charge in [0.1, 0.15) is 5.82 Å². The van der Waals surface area contributed by atoms with Gasteiger partial charge in [-0.1, -0.05) is 24.3 Å². The minimum Gasteiger partial charge on any atom is -0.326 e. The Hall–Kier alpha value is -1.67. The van der Waals surface area contributed by atoms with Crippen LogP contribution < -0.4 is 5.73 Å². The lowest BCUT2D eigenvalue weighted by Gasteiger charge is -2.02. The fraction of sp³-hybridized carbons (Fsp3) is 0.143. The number of halogens is 1. The maximum Gasteiger partial charge on any atom is 0.123 e. The van der Waals surface area contributed by atoms with E-state index in [0.29, 0.717) is 6.54 Å². The zero-order chi connectivity index (χ0) is 11.4. The minimum atomic E-state index is -0.203. The molecule has 2 aromatic rings. The highest BCUT2D eigenvalue weighted by atomic mass is 19.1. The van der Waals surface area contributed by atoms with Crippen molar-refractivity contribution in [3.05, 3.63) is 71.0 Å². The second kappa shape index (κ2) is 4.90. The lowest BCUT2D eigenvalue weighted by molar-refractivity contribution is 0.627. The Morgan fingerprint density at radius 1 is 1.00 bits per heavy atom. The molecule has 2 aromatic carbocycles. The Morgan fingerprint density at radius 3 is 2.25 bits per heavy atom. The molecule has 2 N–H and O–H groups in total. The topological polar surface area (TPSA) is 26.0 Å². The Balaban J connectivity index is 2.11. The molecular formula is C14H13FN. The molecule has 1 nitrogen and oxygen atoms in total. The Morgan fingerprint density at radius 2 is 1.69 bits per heavy atom. The molecule has 2 heteroatoms. The number of benzene rings is 2. The Kier molecular flexibility index (Phi) is 3.32. The van der Waals surface area contributed by atoms with Crippen molar-refractivity contribution in [2.45, 2.75) is 13.0 Å². The van der Waals surface area contributed by atoms with Crippen LogP contribution in [0.3, 0.4) is 0 Å². The molecule has 81 valence electrons. The molecule has 0 fully saturated rings. The summed E-state index contributed by atoms with van der Waals surface area (Å²) in [6.07, 6.45) is 0.769. The summed E-state index contributed by atoms with van der Waals surface area (Å²) in [5, 5.41) is 0. The van der Waals surface area contributed by atoms with Crippen molar-refractivity contribution < 1.29 is 4.39 Å². The summed E-state index contributed by atoms with van der Waals surface area (Å²) >= 11 is 0. The quantitative estimate of drug-likeness (QED) is 0.835. The van der Waals surface area contributed by atoms with E-state index in [-0.39, 0.29) is 5.82 Å². The molecule has 0 saturated heterocycles. The third kappa shape index (κ3) is 2.67.